The second kappa shape index (κ2) is 8.13. The highest BCUT2D eigenvalue weighted by Crippen LogP contribution is 2.12. The molecule has 0 atom stereocenters. The average molecular weight is 246 g/mol. The van der Waals surface area contributed by atoms with Crippen LogP contribution in [0.5, 0.6) is 5.75 Å². The molecule has 0 aliphatic heterocycles. The second-order valence-electron chi connectivity index (χ2n) is 3.99. The Morgan fingerprint density at radius 3 is 3.00 bits per heavy atom. The molecule has 1 rings (SSSR count). The Kier molecular flexibility index (Phi) is 6.34. The van der Waals surface area contributed by atoms with E-state index < -0.39 is 0 Å². The summed E-state index contributed by atoms with van der Waals surface area (Å²) in [7, 11) is 1.61. The Morgan fingerprint density at radius 1 is 1.44 bits per heavy atom. The fraction of sp³-hybridized carbons (Fsp3) is 0.429. The fourth-order valence-corrected chi connectivity index (χ4v) is 1.59. The summed E-state index contributed by atoms with van der Waals surface area (Å²) in [4.78, 5) is 11.6. The van der Waals surface area contributed by atoms with Crippen LogP contribution in [0.25, 0.3) is 0 Å². The lowest BCUT2D eigenvalue weighted by molar-refractivity contribution is -0.120. The number of amides is 1. The van der Waals surface area contributed by atoms with Gasteiger partial charge >= 0.3 is 0 Å². The third-order valence-electron chi connectivity index (χ3n) is 2.54. The summed E-state index contributed by atoms with van der Waals surface area (Å²) in [5, 5.41) is 11.2. The number of ether oxygens (including phenoxy) is 1. The van der Waals surface area contributed by atoms with Crippen LogP contribution in [0.3, 0.4) is 0 Å². The van der Waals surface area contributed by atoms with Crippen molar-refractivity contribution >= 4 is 5.91 Å². The molecule has 4 nitrogen and oxygen atoms in total. The lowest BCUT2D eigenvalue weighted by Gasteiger charge is -2.06. The van der Waals surface area contributed by atoms with Gasteiger partial charge in [-0.3, -0.25) is 4.79 Å². The van der Waals surface area contributed by atoms with E-state index in [0.29, 0.717) is 19.4 Å². The molecular weight excluding hydrogens is 228 g/mol. The van der Waals surface area contributed by atoms with E-state index in [-0.39, 0.29) is 5.91 Å². The Labute approximate surface area is 108 Å². The zero-order valence-electron chi connectivity index (χ0n) is 10.6. The summed E-state index contributed by atoms with van der Waals surface area (Å²) < 4.78 is 5.10. The highest BCUT2D eigenvalue weighted by atomic mass is 16.5. The monoisotopic (exact) mass is 246 g/mol. The predicted molar refractivity (Wildman–Crippen MR) is 69.2 cm³/mol. The zero-order chi connectivity index (χ0) is 13.2. The Hall–Kier alpha value is -2.02. The smallest absolute Gasteiger partial charge is 0.224 e. The van der Waals surface area contributed by atoms with Gasteiger partial charge in [-0.15, -0.1) is 0 Å². The van der Waals surface area contributed by atoms with Crippen LogP contribution in [0, 0.1) is 11.3 Å². The van der Waals surface area contributed by atoms with Gasteiger partial charge in [0.1, 0.15) is 5.75 Å². The predicted octanol–water partition coefficient (Wildman–Crippen LogP) is 2.05. The normalized spacial score (nSPS) is 9.56. The number of unbranched alkanes of at least 4 members (excludes halogenated alkanes) is 2. The van der Waals surface area contributed by atoms with E-state index >= 15 is 0 Å². The molecule has 0 saturated carbocycles. The van der Waals surface area contributed by atoms with Crippen LogP contribution in [-0.4, -0.2) is 19.6 Å². The second-order valence-corrected chi connectivity index (χ2v) is 3.99. The summed E-state index contributed by atoms with van der Waals surface area (Å²) in [5.74, 6) is 0.759. The molecule has 1 aromatic rings. The van der Waals surface area contributed by atoms with Gasteiger partial charge in [-0.1, -0.05) is 12.1 Å². The molecule has 0 aliphatic rings. The topological polar surface area (TPSA) is 62.1 Å². The zero-order valence-corrected chi connectivity index (χ0v) is 10.6. The molecule has 0 unspecified atom stereocenters. The molecule has 0 radical (unpaired) electrons. The van der Waals surface area contributed by atoms with E-state index in [2.05, 4.69) is 11.4 Å². The van der Waals surface area contributed by atoms with Crippen molar-refractivity contribution in [3.8, 4) is 11.8 Å². The number of hydrogen-bond acceptors (Lipinski definition) is 3. The molecule has 4 heteroatoms. The van der Waals surface area contributed by atoms with Crippen molar-refractivity contribution in [3.63, 3.8) is 0 Å². The van der Waals surface area contributed by atoms with Crippen molar-refractivity contribution in [3.05, 3.63) is 29.8 Å². The molecule has 0 heterocycles. The molecule has 0 bridgehead atoms. The van der Waals surface area contributed by atoms with Crippen molar-refractivity contribution < 1.29 is 9.53 Å². The number of nitriles is 1. The SMILES string of the molecule is COc1cccc(CC(=O)NCCCCC#N)c1. The van der Waals surface area contributed by atoms with E-state index in [0.717, 1.165) is 24.2 Å². The summed E-state index contributed by atoms with van der Waals surface area (Å²) in [6.07, 6.45) is 2.58. The number of carbonyl (C=O) groups is 1. The minimum atomic E-state index is 0.000195. The summed E-state index contributed by atoms with van der Waals surface area (Å²) in [5.41, 5.74) is 0.934. The van der Waals surface area contributed by atoms with Gasteiger partial charge in [-0.25, -0.2) is 0 Å². The quantitative estimate of drug-likeness (QED) is 0.749. The maximum Gasteiger partial charge on any atom is 0.224 e. The van der Waals surface area contributed by atoms with Crippen LogP contribution >= 0.6 is 0 Å². The molecule has 0 aromatic heterocycles. The molecular formula is C14H18N2O2. The molecule has 18 heavy (non-hydrogen) atoms. The van der Waals surface area contributed by atoms with Crippen LogP contribution in [0.15, 0.2) is 24.3 Å². The first-order valence-electron chi connectivity index (χ1n) is 6.03. The molecule has 1 amide bonds. The number of hydrogen-bond donors (Lipinski definition) is 1. The standard InChI is InChI=1S/C14H18N2O2/c1-18-13-7-5-6-12(10-13)11-14(17)16-9-4-2-3-8-15/h5-7,10H,2-4,9,11H2,1H3,(H,16,17). The van der Waals surface area contributed by atoms with Crippen LogP contribution < -0.4 is 10.1 Å². The van der Waals surface area contributed by atoms with Crippen molar-refractivity contribution in [1.82, 2.24) is 5.32 Å². The third kappa shape index (κ3) is 5.35. The van der Waals surface area contributed by atoms with Crippen LogP contribution in [0.2, 0.25) is 0 Å². The largest absolute Gasteiger partial charge is 0.497 e. The Morgan fingerprint density at radius 2 is 2.28 bits per heavy atom. The number of rotatable bonds is 7. The number of nitrogens with one attached hydrogen (secondary N) is 1. The maximum atomic E-state index is 11.6. The van der Waals surface area contributed by atoms with Gasteiger partial charge < -0.3 is 10.1 Å². The molecule has 0 aliphatic carbocycles. The molecule has 1 aromatic carbocycles. The van der Waals surface area contributed by atoms with Crippen LogP contribution in [-0.2, 0) is 11.2 Å². The molecule has 0 fully saturated rings. The van der Waals surface area contributed by atoms with Crippen LogP contribution in [0.4, 0.5) is 0 Å². The number of carbonyl (C=O) groups excluding carboxylic acids is 1. The van der Waals surface area contributed by atoms with Crippen LogP contribution in [0.1, 0.15) is 24.8 Å². The summed E-state index contributed by atoms with van der Waals surface area (Å²) >= 11 is 0. The maximum absolute atomic E-state index is 11.6. The highest BCUT2D eigenvalue weighted by molar-refractivity contribution is 5.78. The van der Waals surface area contributed by atoms with Gasteiger partial charge in [-0.05, 0) is 30.5 Å². The van der Waals surface area contributed by atoms with Gasteiger partial charge in [-0.2, -0.15) is 5.26 Å². The van der Waals surface area contributed by atoms with E-state index in [9.17, 15) is 4.79 Å². The average Bonchev–Trinajstić information content (AvgIpc) is 2.38. The minimum absolute atomic E-state index is 0.000195. The van der Waals surface area contributed by atoms with Crippen molar-refractivity contribution in [2.75, 3.05) is 13.7 Å². The lowest BCUT2D eigenvalue weighted by Crippen LogP contribution is -2.26. The van der Waals surface area contributed by atoms with Gasteiger partial charge in [0.15, 0.2) is 0 Å². The van der Waals surface area contributed by atoms with E-state index in [4.69, 9.17) is 10.00 Å². The third-order valence-corrected chi connectivity index (χ3v) is 2.54. The van der Waals surface area contributed by atoms with E-state index in [1.165, 1.54) is 0 Å². The summed E-state index contributed by atoms with van der Waals surface area (Å²) in [6.45, 7) is 0.629. The Balaban J connectivity index is 2.29. The first-order valence-corrected chi connectivity index (χ1v) is 6.03. The number of methoxy groups -OCH3 is 1. The van der Waals surface area contributed by atoms with Crippen molar-refractivity contribution in [2.45, 2.75) is 25.7 Å². The first-order chi connectivity index (χ1) is 8.76. The molecule has 0 saturated heterocycles. The van der Waals surface area contributed by atoms with Crippen molar-refractivity contribution in [1.29, 1.82) is 5.26 Å². The van der Waals surface area contributed by atoms with Gasteiger partial charge in [0, 0.05) is 13.0 Å². The first kappa shape index (κ1) is 14.0. The molecule has 96 valence electrons. The molecule has 1 N–H and O–H groups in total. The van der Waals surface area contributed by atoms with Gasteiger partial charge in [0.05, 0.1) is 19.6 Å². The summed E-state index contributed by atoms with van der Waals surface area (Å²) in [6, 6.07) is 9.56. The highest BCUT2D eigenvalue weighted by Gasteiger charge is 2.03. The number of benzene rings is 1. The minimum Gasteiger partial charge on any atom is -0.497 e. The molecule has 0 spiro atoms. The van der Waals surface area contributed by atoms with E-state index in [1.54, 1.807) is 7.11 Å². The van der Waals surface area contributed by atoms with Gasteiger partial charge in [0.2, 0.25) is 5.91 Å². The van der Waals surface area contributed by atoms with Crippen molar-refractivity contribution in [2.24, 2.45) is 0 Å². The lowest BCUT2D eigenvalue weighted by atomic mass is 10.1. The van der Waals surface area contributed by atoms with Gasteiger partial charge in [0.25, 0.3) is 0 Å². The van der Waals surface area contributed by atoms with E-state index in [1.807, 2.05) is 24.3 Å². The number of nitrogens with zero attached hydrogens (tertiary/aromatic N) is 1. The Bertz CT molecular complexity index is 424. The fourth-order valence-electron chi connectivity index (χ4n) is 1.59.